The second-order valence-electron chi connectivity index (χ2n) is 16.7. The molecule has 0 heterocycles. The molecule has 0 aliphatic rings. The second kappa shape index (κ2) is 17.1. The van der Waals surface area contributed by atoms with Crippen LogP contribution in [0.25, 0.3) is 0 Å². The quantitative estimate of drug-likeness (QED) is 0.177. The lowest BCUT2D eigenvalue weighted by atomic mass is 9.88. The Labute approximate surface area is 268 Å². The molecule has 0 aromatic heterocycles. The monoisotopic (exact) mass is 608 g/mol. The molecular weight excluding hydrogens is 548 g/mol. The van der Waals surface area contributed by atoms with Crippen molar-refractivity contribution >= 4 is 17.5 Å². The molecular formula is C39H60O5. The van der Waals surface area contributed by atoms with Crippen LogP contribution in [-0.2, 0) is 49.9 Å². The van der Waals surface area contributed by atoms with E-state index >= 15 is 0 Å². The zero-order chi connectivity index (χ0) is 33.8. The van der Waals surface area contributed by atoms with Crippen molar-refractivity contribution in [1.82, 2.24) is 0 Å². The molecule has 0 N–H and O–H groups in total. The number of ketones is 2. The number of ether oxygens (including phenoxy) is 2. The predicted octanol–water partition coefficient (Wildman–Crippen LogP) is 9.51. The summed E-state index contributed by atoms with van der Waals surface area (Å²) in [5.74, 6) is 0.323. The molecule has 0 fully saturated rings. The summed E-state index contributed by atoms with van der Waals surface area (Å²) in [5.41, 5.74) is 4.38. The van der Waals surface area contributed by atoms with E-state index in [1.807, 2.05) is 45.0 Å². The summed E-state index contributed by atoms with van der Waals surface area (Å²) in [6.07, 6.45) is 3.25. The molecule has 0 aliphatic heterocycles. The van der Waals surface area contributed by atoms with Gasteiger partial charge in [-0.3, -0.25) is 14.4 Å². The molecule has 2 aromatic rings. The van der Waals surface area contributed by atoms with Gasteiger partial charge in [-0.2, -0.15) is 0 Å². The molecule has 0 spiro atoms. The van der Waals surface area contributed by atoms with Crippen LogP contribution in [0.15, 0.2) is 48.5 Å². The molecule has 44 heavy (non-hydrogen) atoms. The Bertz CT molecular complexity index is 1160. The molecule has 246 valence electrons. The topological polar surface area (TPSA) is 69.7 Å². The molecule has 0 saturated carbocycles. The number of rotatable bonds is 12. The Kier molecular flexibility index (Phi) is 15.2. The molecule has 5 nitrogen and oxygen atoms in total. The Balaban J connectivity index is 0.000000440. The summed E-state index contributed by atoms with van der Waals surface area (Å²) in [6, 6.07) is 16.3. The van der Waals surface area contributed by atoms with E-state index in [0.717, 1.165) is 17.5 Å². The van der Waals surface area contributed by atoms with Crippen molar-refractivity contribution in [3.8, 4) is 0 Å². The number of esters is 1. The molecule has 0 aliphatic carbocycles. The zero-order valence-electron chi connectivity index (χ0n) is 29.8. The standard InChI is InChI=1S/C20H32O2.C19H28O3/c1-19(2,3)13-16-7-9-17(10-8-16)15-22-12-11-18(21)14-20(4,5)6;1-18(2,3)12-16(20)11-14-7-9-15(10-8-14)13-22-17(21)19(4,5)6/h7-10H,11-15H2,1-6H3;7-10H,11-13H2,1-6H3. The van der Waals surface area contributed by atoms with Crippen molar-refractivity contribution in [2.45, 2.75) is 128 Å². The van der Waals surface area contributed by atoms with Crippen LogP contribution >= 0.6 is 0 Å². The zero-order valence-corrected chi connectivity index (χ0v) is 29.8. The van der Waals surface area contributed by atoms with Gasteiger partial charge in [-0.25, -0.2) is 0 Å². The summed E-state index contributed by atoms with van der Waals surface area (Å²) in [4.78, 5) is 35.5. The minimum absolute atomic E-state index is 0.0260. The summed E-state index contributed by atoms with van der Waals surface area (Å²) >= 11 is 0. The van der Waals surface area contributed by atoms with Gasteiger partial charge in [-0.15, -0.1) is 0 Å². The van der Waals surface area contributed by atoms with E-state index in [4.69, 9.17) is 9.47 Å². The third-order valence-electron chi connectivity index (χ3n) is 6.41. The lowest BCUT2D eigenvalue weighted by Gasteiger charge is -2.18. The number of carbonyl (C=O) groups is 3. The van der Waals surface area contributed by atoms with Crippen LogP contribution < -0.4 is 0 Å². The van der Waals surface area contributed by atoms with Crippen molar-refractivity contribution in [3.63, 3.8) is 0 Å². The molecule has 0 amide bonds. The highest BCUT2D eigenvalue weighted by Gasteiger charge is 2.23. The minimum atomic E-state index is -0.487. The Hall–Kier alpha value is -2.79. The maximum Gasteiger partial charge on any atom is 0.311 e. The van der Waals surface area contributed by atoms with E-state index in [0.29, 0.717) is 44.3 Å². The highest BCUT2D eigenvalue weighted by atomic mass is 16.5. The van der Waals surface area contributed by atoms with Gasteiger partial charge in [0.2, 0.25) is 0 Å². The fourth-order valence-electron chi connectivity index (χ4n) is 4.42. The van der Waals surface area contributed by atoms with Crippen molar-refractivity contribution < 1.29 is 23.9 Å². The predicted molar refractivity (Wildman–Crippen MR) is 181 cm³/mol. The molecule has 0 bridgehead atoms. The minimum Gasteiger partial charge on any atom is -0.460 e. The van der Waals surface area contributed by atoms with Crippen LogP contribution in [0.1, 0.15) is 125 Å². The molecule has 2 aromatic carbocycles. The third kappa shape index (κ3) is 19.5. The first-order valence-electron chi connectivity index (χ1n) is 16.0. The van der Waals surface area contributed by atoms with E-state index in [1.165, 1.54) is 11.1 Å². The van der Waals surface area contributed by atoms with E-state index in [2.05, 4.69) is 86.6 Å². The average molecular weight is 609 g/mol. The third-order valence-corrected chi connectivity index (χ3v) is 6.41. The Morgan fingerprint density at radius 2 is 0.977 bits per heavy atom. The number of Topliss-reactive ketones (excluding diaryl/α,β-unsaturated/α-hetero) is 2. The van der Waals surface area contributed by atoms with E-state index in [9.17, 15) is 14.4 Å². The van der Waals surface area contributed by atoms with Crippen LogP contribution in [0.4, 0.5) is 0 Å². The van der Waals surface area contributed by atoms with E-state index in [-0.39, 0.29) is 35.0 Å². The fourth-order valence-corrected chi connectivity index (χ4v) is 4.42. The highest BCUT2D eigenvalue weighted by Crippen LogP contribution is 2.22. The Morgan fingerprint density at radius 1 is 0.545 bits per heavy atom. The van der Waals surface area contributed by atoms with Crippen molar-refractivity contribution in [2.75, 3.05) is 6.61 Å². The van der Waals surface area contributed by atoms with Crippen LogP contribution in [-0.4, -0.2) is 24.1 Å². The lowest BCUT2D eigenvalue weighted by Crippen LogP contribution is -2.22. The number of carbonyl (C=O) groups excluding carboxylic acids is 3. The van der Waals surface area contributed by atoms with Crippen molar-refractivity contribution in [2.24, 2.45) is 21.7 Å². The molecule has 0 unspecified atom stereocenters. The van der Waals surface area contributed by atoms with Crippen molar-refractivity contribution in [1.29, 1.82) is 0 Å². The van der Waals surface area contributed by atoms with Gasteiger partial charge in [-0.1, -0.05) is 111 Å². The van der Waals surface area contributed by atoms with Crippen LogP contribution in [0, 0.1) is 21.7 Å². The summed E-state index contributed by atoms with van der Waals surface area (Å²) in [7, 11) is 0. The Morgan fingerprint density at radius 3 is 1.43 bits per heavy atom. The molecule has 0 radical (unpaired) electrons. The second-order valence-corrected chi connectivity index (χ2v) is 16.7. The first-order valence-corrected chi connectivity index (χ1v) is 16.0. The van der Waals surface area contributed by atoms with Gasteiger partial charge in [0.05, 0.1) is 18.6 Å². The van der Waals surface area contributed by atoms with Gasteiger partial charge in [0.15, 0.2) is 0 Å². The summed E-state index contributed by atoms with van der Waals surface area (Å²) in [5, 5.41) is 0. The van der Waals surface area contributed by atoms with Crippen molar-refractivity contribution in [3.05, 3.63) is 70.8 Å². The largest absolute Gasteiger partial charge is 0.460 e. The average Bonchev–Trinajstić information content (AvgIpc) is 2.83. The lowest BCUT2D eigenvalue weighted by molar-refractivity contribution is -0.154. The first kappa shape index (κ1) is 39.2. The van der Waals surface area contributed by atoms with E-state index in [1.54, 1.807) is 0 Å². The smallest absolute Gasteiger partial charge is 0.311 e. The molecule has 0 atom stereocenters. The van der Waals surface area contributed by atoms with E-state index < -0.39 is 5.41 Å². The number of benzene rings is 2. The summed E-state index contributed by atoms with van der Waals surface area (Å²) < 4.78 is 10.9. The summed E-state index contributed by atoms with van der Waals surface area (Å²) in [6.45, 7) is 26.1. The first-order chi connectivity index (χ1) is 20.0. The highest BCUT2D eigenvalue weighted by molar-refractivity contribution is 5.81. The molecule has 5 heteroatoms. The fraction of sp³-hybridized carbons (Fsp3) is 0.615. The number of hydrogen-bond donors (Lipinski definition) is 0. The van der Waals surface area contributed by atoms with Crippen LogP contribution in [0.3, 0.4) is 0 Å². The van der Waals surface area contributed by atoms with Gasteiger partial charge in [0, 0.05) is 25.7 Å². The van der Waals surface area contributed by atoms with Gasteiger partial charge in [0.25, 0.3) is 0 Å². The number of hydrogen-bond acceptors (Lipinski definition) is 5. The molecule has 0 saturated heterocycles. The van der Waals surface area contributed by atoms with Crippen LogP contribution in [0.2, 0.25) is 0 Å². The normalized spacial score (nSPS) is 12.3. The van der Waals surface area contributed by atoms with Gasteiger partial charge in [-0.05, 0) is 65.7 Å². The molecule has 2 rings (SSSR count). The maximum absolute atomic E-state index is 12.0. The van der Waals surface area contributed by atoms with Gasteiger partial charge in [0.1, 0.15) is 18.2 Å². The maximum atomic E-state index is 12.0. The van der Waals surface area contributed by atoms with Gasteiger partial charge < -0.3 is 9.47 Å². The van der Waals surface area contributed by atoms with Gasteiger partial charge >= 0.3 is 5.97 Å². The SMILES string of the molecule is CC(C)(C)CC(=O)CCOCc1ccc(CC(C)(C)C)cc1.CC(C)(C)CC(=O)Cc1ccc(COC(=O)C(C)(C)C)cc1. The van der Waals surface area contributed by atoms with Crippen LogP contribution in [0.5, 0.6) is 0 Å².